The standard InChI is InChI=1S/C15H12N6O3/c1-10-16-6-7-20(10)14-8-13(17-9-18-14)19-15(22)11-2-4-12(5-3-11)21(23)24/h2-9H,1H3,(H,17,18,19,22). The molecule has 0 bridgehead atoms. The number of carbonyl (C=O) groups is 1. The molecule has 0 aliphatic rings. The van der Waals surface area contributed by atoms with Crippen molar-refractivity contribution in [3.63, 3.8) is 0 Å². The lowest BCUT2D eigenvalue weighted by molar-refractivity contribution is -0.384. The van der Waals surface area contributed by atoms with E-state index in [9.17, 15) is 14.9 Å². The average Bonchev–Trinajstić information content (AvgIpc) is 3.01. The van der Waals surface area contributed by atoms with Gasteiger partial charge in [-0.05, 0) is 19.1 Å². The summed E-state index contributed by atoms with van der Waals surface area (Å²) < 4.78 is 1.75. The molecule has 0 saturated heterocycles. The average molecular weight is 324 g/mol. The molecule has 0 aliphatic carbocycles. The highest BCUT2D eigenvalue weighted by Gasteiger charge is 2.11. The van der Waals surface area contributed by atoms with Crippen molar-refractivity contribution in [1.82, 2.24) is 19.5 Å². The van der Waals surface area contributed by atoms with Crippen molar-refractivity contribution in [2.75, 3.05) is 5.32 Å². The number of aromatic nitrogens is 4. The summed E-state index contributed by atoms with van der Waals surface area (Å²) in [6.07, 6.45) is 4.73. The summed E-state index contributed by atoms with van der Waals surface area (Å²) in [4.78, 5) is 34.6. The highest BCUT2D eigenvalue weighted by molar-refractivity contribution is 6.03. The Balaban J connectivity index is 1.79. The highest BCUT2D eigenvalue weighted by Crippen LogP contribution is 2.15. The van der Waals surface area contributed by atoms with Crippen molar-refractivity contribution in [3.05, 3.63) is 70.6 Å². The van der Waals surface area contributed by atoms with Crippen LogP contribution in [0.5, 0.6) is 0 Å². The van der Waals surface area contributed by atoms with Crippen molar-refractivity contribution in [3.8, 4) is 5.82 Å². The molecule has 0 unspecified atom stereocenters. The molecule has 9 nitrogen and oxygen atoms in total. The van der Waals surface area contributed by atoms with Crippen LogP contribution in [0.25, 0.3) is 5.82 Å². The zero-order chi connectivity index (χ0) is 17.1. The molecule has 0 fully saturated rings. The predicted molar refractivity (Wildman–Crippen MR) is 84.9 cm³/mol. The number of rotatable bonds is 4. The number of imidazole rings is 1. The van der Waals surface area contributed by atoms with Gasteiger partial charge in [-0.3, -0.25) is 19.5 Å². The van der Waals surface area contributed by atoms with E-state index in [2.05, 4.69) is 20.3 Å². The van der Waals surface area contributed by atoms with E-state index in [1.165, 1.54) is 30.6 Å². The van der Waals surface area contributed by atoms with Crippen LogP contribution in [0.3, 0.4) is 0 Å². The van der Waals surface area contributed by atoms with Crippen LogP contribution in [0.4, 0.5) is 11.5 Å². The first-order valence-electron chi connectivity index (χ1n) is 6.93. The van der Waals surface area contributed by atoms with Crippen LogP contribution in [-0.2, 0) is 0 Å². The van der Waals surface area contributed by atoms with Gasteiger partial charge >= 0.3 is 0 Å². The van der Waals surface area contributed by atoms with E-state index in [0.29, 0.717) is 17.2 Å². The number of nitrogens with one attached hydrogen (secondary N) is 1. The Morgan fingerprint density at radius 2 is 1.96 bits per heavy atom. The monoisotopic (exact) mass is 324 g/mol. The molecule has 1 aromatic carbocycles. The predicted octanol–water partition coefficient (Wildman–Crippen LogP) is 2.13. The van der Waals surface area contributed by atoms with E-state index in [-0.39, 0.29) is 5.69 Å². The minimum Gasteiger partial charge on any atom is -0.306 e. The summed E-state index contributed by atoms with van der Waals surface area (Å²) in [7, 11) is 0. The third-order valence-electron chi connectivity index (χ3n) is 3.31. The smallest absolute Gasteiger partial charge is 0.269 e. The van der Waals surface area contributed by atoms with Crippen molar-refractivity contribution >= 4 is 17.4 Å². The molecule has 2 aromatic heterocycles. The molecule has 0 atom stereocenters. The normalized spacial score (nSPS) is 10.4. The lowest BCUT2D eigenvalue weighted by Crippen LogP contribution is -2.13. The quantitative estimate of drug-likeness (QED) is 0.580. The fourth-order valence-electron chi connectivity index (χ4n) is 2.09. The molecule has 2 heterocycles. The number of aryl methyl sites for hydroxylation is 1. The van der Waals surface area contributed by atoms with Gasteiger partial charge in [0.2, 0.25) is 0 Å². The zero-order valence-corrected chi connectivity index (χ0v) is 12.6. The van der Waals surface area contributed by atoms with Gasteiger partial charge in [0.1, 0.15) is 23.8 Å². The fraction of sp³-hybridized carbons (Fsp3) is 0.0667. The van der Waals surface area contributed by atoms with E-state index < -0.39 is 10.8 Å². The van der Waals surface area contributed by atoms with Gasteiger partial charge in [0.15, 0.2) is 0 Å². The van der Waals surface area contributed by atoms with Gasteiger partial charge < -0.3 is 5.32 Å². The van der Waals surface area contributed by atoms with Gasteiger partial charge in [0, 0.05) is 36.2 Å². The van der Waals surface area contributed by atoms with E-state index in [0.717, 1.165) is 5.82 Å². The van der Waals surface area contributed by atoms with Crippen molar-refractivity contribution < 1.29 is 9.72 Å². The molecular formula is C15H12N6O3. The van der Waals surface area contributed by atoms with Crippen LogP contribution in [0.15, 0.2) is 49.1 Å². The minimum atomic E-state index is -0.522. The molecule has 1 amide bonds. The van der Waals surface area contributed by atoms with Crippen molar-refractivity contribution in [2.45, 2.75) is 6.92 Å². The van der Waals surface area contributed by atoms with Crippen LogP contribution < -0.4 is 5.32 Å². The Bertz CT molecular complexity index is 904. The maximum atomic E-state index is 12.2. The number of amides is 1. The zero-order valence-electron chi connectivity index (χ0n) is 12.6. The lowest BCUT2D eigenvalue weighted by Gasteiger charge is -2.07. The molecule has 9 heteroatoms. The molecule has 3 aromatic rings. The first kappa shape index (κ1) is 15.3. The van der Waals surface area contributed by atoms with E-state index in [1.807, 2.05) is 6.92 Å². The van der Waals surface area contributed by atoms with Crippen LogP contribution in [0, 0.1) is 17.0 Å². The summed E-state index contributed by atoms with van der Waals surface area (Å²) in [5, 5.41) is 13.3. The number of nitrogens with zero attached hydrogens (tertiary/aromatic N) is 5. The number of hydrogen-bond donors (Lipinski definition) is 1. The van der Waals surface area contributed by atoms with Gasteiger partial charge in [-0.15, -0.1) is 0 Å². The van der Waals surface area contributed by atoms with Gasteiger partial charge in [0.05, 0.1) is 4.92 Å². The molecule has 0 aliphatic heterocycles. The van der Waals surface area contributed by atoms with Crippen LogP contribution in [-0.4, -0.2) is 30.3 Å². The summed E-state index contributed by atoms with van der Waals surface area (Å²) >= 11 is 0. The first-order chi connectivity index (χ1) is 11.5. The first-order valence-corrected chi connectivity index (χ1v) is 6.93. The number of nitro groups is 1. The van der Waals surface area contributed by atoms with Crippen LogP contribution >= 0.6 is 0 Å². The Labute approximate surface area is 136 Å². The van der Waals surface area contributed by atoms with E-state index in [4.69, 9.17) is 0 Å². The summed E-state index contributed by atoms with van der Waals surface area (Å²) in [6, 6.07) is 6.92. The summed E-state index contributed by atoms with van der Waals surface area (Å²) in [5.74, 6) is 1.22. The molecule has 0 saturated carbocycles. The SMILES string of the molecule is Cc1nccn1-c1cc(NC(=O)c2ccc([N+](=O)[O-])cc2)ncn1. The van der Waals surface area contributed by atoms with Crippen LogP contribution in [0.2, 0.25) is 0 Å². The third kappa shape index (κ3) is 3.09. The minimum absolute atomic E-state index is 0.0774. The maximum Gasteiger partial charge on any atom is 0.269 e. The van der Waals surface area contributed by atoms with Gasteiger partial charge in [-0.2, -0.15) is 0 Å². The maximum absolute atomic E-state index is 12.2. The molecule has 24 heavy (non-hydrogen) atoms. The number of benzene rings is 1. The lowest BCUT2D eigenvalue weighted by atomic mass is 10.2. The molecule has 0 radical (unpaired) electrons. The highest BCUT2D eigenvalue weighted by atomic mass is 16.6. The van der Waals surface area contributed by atoms with E-state index >= 15 is 0 Å². The molecular weight excluding hydrogens is 312 g/mol. The topological polar surface area (TPSA) is 116 Å². The van der Waals surface area contributed by atoms with Crippen molar-refractivity contribution in [1.29, 1.82) is 0 Å². The third-order valence-corrected chi connectivity index (χ3v) is 3.31. The van der Waals surface area contributed by atoms with Gasteiger partial charge in [-0.25, -0.2) is 15.0 Å². The molecule has 0 spiro atoms. The fourth-order valence-corrected chi connectivity index (χ4v) is 2.09. The summed E-state index contributed by atoms with van der Waals surface area (Å²) in [5.41, 5.74) is 0.214. The van der Waals surface area contributed by atoms with Gasteiger partial charge in [0.25, 0.3) is 11.6 Å². The molecule has 3 rings (SSSR count). The summed E-state index contributed by atoms with van der Waals surface area (Å²) in [6.45, 7) is 1.83. The van der Waals surface area contributed by atoms with Gasteiger partial charge in [-0.1, -0.05) is 0 Å². The Morgan fingerprint density at radius 3 is 2.58 bits per heavy atom. The number of carbonyl (C=O) groups excluding carboxylic acids is 1. The Morgan fingerprint density at radius 1 is 1.21 bits per heavy atom. The molecule has 120 valence electrons. The molecule has 1 N–H and O–H groups in total. The van der Waals surface area contributed by atoms with Crippen LogP contribution in [0.1, 0.15) is 16.2 Å². The second-order valence-corrected chi connectivity index (χ2v) is 4.86. The number of nitro benzene ring substituents is 1. The second-order valence-electron chi connectivity index (χ2n) is 4.86. The number of anilines is 1. The van der Waals surface area contributed by atoms with E-state index in [1.54, 1.807) is 23.0 Å². The Kier molecular flexibility index (Phi) is 3.98. The Hall–Kier alpha value is -3.62. The second kappa shape index (κ2) is 6.24. The number of hydrogen-bond acceptors (Lipinski definition) is 6. The van der Waals surface area contributed by atoms with Crippen molar-refractivity contribution in [2.24, 2.45) is 0 Å². The number of non-ortho nitro benzene ring substituents is 1. The largest absolute Gasteiger partial charge is 0.306 e.